The van der Waals surface area contributed by atoms with Crippen molar-refractivity contribution in [2.45, 2.75) is 32.0 Å². The van der Waals surface area contributed by atoms with E-state index in [9.17, 15) is 22.4 Å². The Morgan fingerprint density at radius 2 is 2.03 bits per heavy atom. The molecule has 1 fully saturated rings. The number of benzene rings is 1. The zero-order chi connectivity index (χ0) is 21.6. The number of aryl methyl sites for hydroxylation is 1. The number of alkyl halides is 3. The quantitative estimate of drug-likeness (QED) is 0.633. The second kappa shape index (κ2) is 7.26. The third kappa shape index (κ3) is 3.69. The number of fused-ring (bicyclic) bond motifs is 1. The molecule has 158 valence electrons. The van der Waals surface area contributed by atoms with Gasteiger partial charge in [0.05, 0.1) is 19.0 Å². The van der Waals surface area contributed by atoms with Crippen molar-refractivity contribution in [3.63, 3.8) is 0 Å². The maximum Gasteiger partial charge on any atom is 0.408 e. The molecule has 10 heteroatoms. The fourth-order valence-corrected chi connectivity index (χ4v) is 3.36. The van der Waals surface area contributed by atoms with Gasteiger partial charge < -0.3 is 10.1 Å². The lowest BCUT2D eigenvalue weighted by Gasteiger charge is -2.20. The molecule has 1 unspecified atom stereocenters. The summed E-state index contributed by atoms with van der Waals surface area (Å²) in [4.78, 5) is 17.0. The van der Waals surface area contributed by atoms with Crippen LogP contribution in [0.3, 0.4) is 0 Å². The Labute approximate surface area is 168 Å². The second-order valence-corrected chi connectivity index (χ2v) is 7.26. The fourth-order valence-electron chi connectivity index (χ4n) is 3.36. The van der Waals surface area contributed by atoms with Crippen LogP contribution in [0.25, 0.3) is 16.9 Å². The van der Waals surface area contributed by atoms with E-state index in [0.29, 0.717) is 29.8 Å². The number of methoxy groups -OCH3 is 1. The first-order chi connectivity index (χ1) is 14.2. The lowest BCUT2D eigenvalue weighted by atomic mass is 10.1. The highest BCUT2D eigenvalue weighted by Gasteiger charge is 2.49. The lowest BCUT2D eigenvalue weighted by molar-refractivity contribution is -0.158. The standard InChI is InChI=1S/C20H18F4N4O2/c1-10-7-15(12-5-6-14(21)16(8-12)30-2)26-18-13(9-25-28(10)18)19(29)27-17(11-3-4-11)20(22,23)24/h5-9,11,17H,3-4H2,1-2H3,(H,27,29). The molecule has 0 radical (unpaired) electrons. The van der Waals surface area contributed by atoms with Crippen molar-refractivity contribution in [1.29, 1.82) is 0 Å². The lowest BCUT2D eigenvalue weighted by Crippen LogP contribution is -2.46. The summed E-state index contributed by atoms with van der Waals surface area (Å²) < 4.78 is 59.9. The van der Waals surface area contributed by atoms with E-state index in [4.69, 9.17) is 4.74 Å². The molecule has 0 bridgehead atoms. The van der Waals surface area contributed by atoms with Gasteiger partial charge in [0.1, 0.15) is 11.6 Å². The molecule has 0 spiro atoms. The predicted molar refractivity (Wildman–Crippen MR) is 99.7 cm³/mol. The predicted octanol–water partition coefficient (Wildman–Crippen LogP) is 3.92. The van der Waals surface area contributed by atoms with Crippen LogP contribution in [0.4, 0.5) is 17.6 Å². The Balaban J connectivity index is 1.73. The molecule has 1 atom stereocenters. The Kier molecular flexibility index (Phi) is 4.87. The highest BCUT2D eigenvalue weighted by molar-refractivity contribution is 6.00. The number of rotatable bonds is 5. The van der Waals surface area contributed by atoms with Crippen molar-refractivity contribution in [1.82, 2.24) is 19.9 Å². The Morgan fingerprint density at radius 3 is 2.67 bits per heavy atom. The van der Waals surface area contributed by atoms with E-state index < -0.39 is 29.9 Å². The van der Waals surface area contributed by atoms with E-state index in [-0.39, 0.29) is 17.0 Å². The van der Waals surface area contributed by atoms with Gasteiger partial charge >= 0.3 is 6.18 Å². The van der Waals surface area contributed by atoms with Crippen molar-refractivity contribution < 1.29 is 27.1 Å². The summed E-state index contributed by atoms with van der Waals surface area (Å²) in [5.74, 6) is -2.01. The molecule has 6 nitrogen and oxygen atoms in total. The molecule has 0 saturated heterocycles. The number of nitrogens with one attached hydrogen (secondary N) is 1. The van der Waals surface area contributed by atoms with E-state index in [1.165, 1.54) is 36.0 Å². The molecule has 4 rings (SSSR count). The molecule has 30 heavy (non-hydrogen) atoms. The summed E-state index contributed by atoms with van der Waals surface area (Å²) in [6, 6.07) is 3.96. The number of carbonyl (C=O) groups is 1. The van der Waals surface area contributed by atoms with E-state index in [1.807, 2.05) is 0 Å². The van der Waals surface area contributed by atoms with Crippen LogP contribution in [0.1, 0.15) is 28.9 Å². The number of amides is 1. The summed E-state index contributed by atoms with van der Waals surface area (Å²) in [7, 11) is 1.33. The maximum atomic E-state index is 13.7. The molecular formula is C20H18F4N4O2. The first kappa shape index (κ1) is 20.1. The number of nitrogens with zero attached hydrogens (tertiary/aromatic N) is 3. The van der Waals surface area contributed by atoms with Gasteiger partial charge in [0.25, 0.3) is 5.91 Å². The van der Waals surface area contributed by atoms with Crippen LogP contribution in [0.2, 0.25) is 0 Å². The van der Waals surface area contributed by atoms with Gasteiger partial charge in [-0.2, -0.15) is 18.3 Å². The normalized spacial score (nSPS) is 15.3. The molecule has 1 amide bonds. The van der Waals surface area contributed by atoms with Gasteiger partial charge in [0, 0.05) is 11.3 Å². The number of hydrogen-bond donors (Lipinski definition) is 1. The molecule has 1 aromatic carbocycles. The van der Waals surface area contributed by atoms with Crippen LogP contribution in [-0.4, -0.2) is 39.8 Å². The molecule has 3 aromatic rings. The van der Waals surface area contributed by atoms with Crippen LogP contribution in [0.5, 0.6) is 5.75 Å². The van der Waals surface area contributed by atoms with Gasteiger partial charge in [-0.25, -0.2) is 13.9 Å². The largest absolute Gasteiger partial charge is 0.494 e. The molecule has 1 aliphatic carbocycles. The molecule has 1 saturated carbocycles. The van der Waals surface area contributed by atoms with Crippen molar-refractivity contribution in [3.8, 4) is 17.0 Å². The van der Waals surface area contributed by atoms with Crippen LogP contribution < -0.4 is 10.1 Å². The van der Waals surface area contributed by atoms with Crippen LogP contribution in [0.15, 0.2) is 30.5 Å². The summed E-state index contributed by atoms with van der Waals surface area (Å²) in [5, 5.41) is 6.17. The number of hydrogen-bond acceptors (Lipinski definition) is 4. The number of ether oxygens (including phenoxy) is 1. The average Bonchev–Trinajstić information content (AvgIpc) is 3.43. The zero-order valence-corrected chi connectivity index (χ0v) is 16.1. The third-order valence-corrected chi connectivity index (χ3v) is 5.07. The minimum absolute atomic E-state index is 0.0238. The molecule has 1 aliphatic rings. The molecule has 2 aromatic heterocycles. The van der Waals surface area contributed by atoms with Gasteiger partial charge in [-0.15, -0.1) is 0 Å². The highest BCUT2D eigenvalue weighted by atomic mass is 19.4. The van der Waals surface area contributed by atoms with Crippen molar-refractivity contribution >= 4 is 11.6 Å². The molecule has 2 heterocycles. The minimum Gasteiger partial charge on any atom is -0.494 e. The van der Waals surface area contributed by atoms with E-state index in [1.54, 1.807) is 13.0 Å². The summed E-state index contributed by atoms with van der Waals surface area (Å²) in [5.41, 5.74) is 1.58. The van der Waals surface area contributed by atoms with Gasteiger partial charge in [-0.3, -0.25) is 4.79 Å². The number of carbonyl (C=O) groups excluding carboxylic acids is 1. The highest BCUT2D eigenvalue weighted by Crippen LogP contribution is 2.40. The second-order valence-electron chi connectivity index (χ2n) is 7.26. The van der Waals surface area contributed by atoms with Crippen molar-refractivity contribution in [3.05, 3.63) is 47.5 Å². The van der Waals surface area contributed by atoms with Gasteiger partial charge in [-0.05, 0) is 49.9 Å². The van der Waals surface area contributed by atoms with Crippen molar-refractivity contribution in [2.75, 3.05) is 7.11 Å². The van der Waals surface area contributed by atoms with Crippen LogP contribution >= 0.6 is 0 Å². The first-order valence-electron chi connectivity index (χ1n) is 9.26. The van der Waals surface area contributed by atoms with Crippen LogP contribution in [0, 0.1) is 18.7 Å². The minimum atomic E-state index is -4.53. The smallest absolute Gasteiger partial charge is 0.408 e. The van der Waals surface area contributed by atoms with Gasteiger partial charge in [0.15, 0.2) is 17.2 Å². The molecule has 1 N–H and O–H groups in total. The number of aromatic nitrogens is 3. The van der Waals surface area contributed by atoms with Gasteiger partial charge in [-0.1, -0.05) is 0 Å². The summed E-state index contributed by atoms with van der Waals surface area (Å²) in [6.07, 6.45) is -2.49. The Morgan fingerprint density at radius 1 is 1.30 bits per heavy atom. The topological polar surface area (TPSA) is 68.5 Å². The number of halogens is 4. The summed E-state index contributed by atoms with van der Waals surface area (Å²) in [6.45, 7) is 1.72. The third-order valence-electron chi connectivity index (χ3n) is 5.07. The average molecular weight is 422 g/mol. The zero-order valence-electron chi connectivity index (χ0n) is 16.1. The fraction of sp³-hybridized carbons (Fsp3) is 0.350. The van der Waals surface area contributed by atoms with Crippen molar-refractivity contribution in [2.24, 2.45) is 5.92 Å². The first-order valence-corrected chi connectivity index (χ1v) is 9.26. The molecular weight excluding hydrogens is 404 g/mol. The van der Waals surface area contributed by atoms with E-state index in [2.05, 4.69) is 15.4 Å². The summed E-state index contributed by atoms with van der Waals surface area (Å²) >= 11 is 0. The maximum absolute atomic E-state index is 13.7. The van der Waals surface area contributed by atoms with E-state index in [0.717, 1.165) is 0 Å². The van der Waals surface area contributed by atoms with Gasteiger partial charge in [0.2, 0.25) is 0 Å². The van der Waals surface area contributed by atoms with E-state index >= 15 is 0 Å². The van der Waals surface area contributed by atoms with Crippen LogP contribution in [-0.2, 0) is 0 Å². The Bertz CT molecular complexity index is 1120. The molecule has 0 aliphatic heterocycles. The SMILES string of the molecule is COc1cc(-c2cc(C)n3ncc(C(=O)NC(C4CC4)C(F)(F)F)c3n2)ccc1F. The Hall–Kier alpha value is -3.17. The monoisotopic (exact) mass is 422 g/mol.